The number of imidazole rings is 1. The van der Waals surface area contributed by atoms with Gasteiger partial charge in [-0.1, -0.05) is 6.42 Å². The number of nitrogen functional groups attached to an aromatic ring is 1. The fraction of sp³-hybridized carbons (Fsp3) is 0.750. The number of rotatable bonds is 16. The fourth-order valence-corrected chi connectivity index (χ4v) is 6.93. The maximum atomic E-state index is 13.4. The third-order valence-electron chi connectivity index (χ3n) is 9.79. The number of fused-ring (bicyclic) bond motifs is 1. The number of anilines is 1. The number of amides is 3. The molecule has 324 valence electrons. The fourth-order valence-electron chi connectivity index (χ4n) is 6.93. The number of aliphatic hydroxyl groups excluding tert-OH is 4. The van der Waals surface area contributed by atoms with Crippen molar-refractivity contribution in [2.24, 2.45) is 10.7 Å². The second kappa shape index (κ2) is 18.6. The van der Waals surface area contributed by atoms with Gasteiger partial charge < -0.3 is 66.0 Å². The average molecular weight is 822 g/mol. The molecule has 9 N–H and O–H groups in total. The van der Waals surface area contributed by atoms with Gasteiger partial charge in [0, 0.05) is 26.1 Å². The SMILES string of the molecule is CC(C)(C)OC(=O)N[C@@H](CCN(CCCCCN1CN([C@H]2C[C@H](O)[C@@H](CO)O2)C(=O)N=C1N)C[C@H]1O[C@@H](n2cnc3c(N)ncnc32)[C@H](O)[C@@H]1O)C(=O)OC(C)(C)C. The number of unbranched alkanes of at least 4 members (excludes halogenated alkanes) is 2. The minimum atomic E-state index is -1.35. The Morgan fingerprint density at radius 3 is 2.38 bits per heavy atom. The number of carbonyl (C=O) groups excluding carboxylic acids is 3. The number of carbonyl (C=O) groups is 3. The highest BCUT2D eigenvalue weighted by molar-refractivity contribution is 5.93. The van der Waals surface area contributed by atoms with E-state index < -0.39 is 78.3 Å². The number of urea groups is 1. The van der Waals surface area contributed by atoms with Crippen LogP contribution in [0, 0.1) is 0 Å². The van der Waals surface area contributed by atoms with Gasteiger partial charge in [0.25, 0.3) is 0 Å². The molecule has 2 saturated heterocycles. The molecular weight excluding hydrogens is 762 g/mol. The number of guanidine groups is 1. The third kappa shape index (κ3) is 11.4. The van der Waals surface area contributed by atoms with E-state index in [9.17, 15) is 34.8 Å². The molecule has 58 heavy (non-hydrogen) atoms. The summed E-state index contributed by atoms with van der Waals surface area (Å²) in [5, 5.41) is 44.7. The summed E-state index contributed by atoms with van der Waals surface area (Å²) in [6.07, 6.45) is -2.94. The Hall–Kier alpha value is -4.45. The summed E-state index contributed by atoms with van der Waals surface area (Å²) in [6.45, 7) is 11.3. The highest BCUT2D eigenvalue weighted by Gasteiger charge is 2.45. The van der Waals surface area contributed by atoms with E-state index in [2.05, 4.69) is 25.3 Å². The topological polar surface area (TPSA) is 299 Å². The van der Waals surface area contributed by atoms with Crippen molar-refractivity contribution < 1.29 is 53.8 Å². The first-order valence-corrected chi connectivity index (χ1v) is 19.5. The highest BCUT2D eigenvalue weighted by atomic mass is 16.6. The Morgan fingerprint density at radius 2 is 1.71 bits per heavy atom. The second-order valence-electron chi connectivity index (χ2n) is 16.8. The number of aromatic nitrogens is 4. The van der Waals surface area contributed by atoms with Crippen LogP contribution in [0.4, 0.5) is 15.4 Å². The molecule has 22 nitrogen and oxygen atoms in total. The van der Waals surface area contributed by atoms with Crippen molar-refractivity contribution in [3.05, 3.63) is 12.7 Å². The first kappa shape index (κ1) is 44.6. The first-order valence-electron chi connectivity index (χ1n) is 19.5. The highest BCUT2D eigenvalue weighted by Crippen LogP contribution is 2.33. The van der Waals surface area contributed by atoms with Crippen molar-refractivity contribution in [3.8, 4) is 0 Å². The molecule has 0 aliphatic carbocycles. The number of esters is 1. The van der Waals surface area contributed by atoms with Gasteiger partial charge in [-0.25, -0.2) is 29.3 Å². The zero-order valence-electron chi connectivity index (χ0n) is 33.9. The largest absolute Gasteiger partial charge is 0.458 e. The van der Waals surface area contributed by atoms with Gasteiger partial charge in [0.1, 0.15) is 66.4 Å². The van der Waals surface area contributed by atoms with Crippen LogP contribution < -0.4 is 16.8 Å². The maximum absolute atomic E-state index is 13.4. The van der Waals surface area contributed by atoms with Gasteiger partial charge >= 0.3 is 18.1 Å². The van der Waals surface area contributed by atoms with E-state index in [0.717, 1.165) is 0 Å². The summed E-state index contributed by atoms with van der Waals surface area (Å²) in [5.74, 6) is -0.429. The molecule has 22 heteroatoms. The molecule has 3 amide bonds. The van der Waals surface area contributed by atoms with E-state index in [1.54, 1.807) is 46.4 Å². The summed E-state index contributed by atoms with van der Waals surface area (Å²) < 4.78 is 24.5. The van der Waals surface area contributed by atoms with Gasteiger partial charge in [-0.2, -0.15) is 4.99 Å². The standard InChI is InChI=1S/C36H59N11O11/c1-35(2,3)57-31(52)20(42-34(54)58-36(4,5)6)10-13-44(15-22-26(50)27(51)30(56-22)46-18-41-25-28(37)39-17-40-29(25)46)11-8-7-9-12-45-19-47(33(53)43-32(45)38)24-14-21(49)23(16-48)55-24/h17-18,20-24,26-27,30,48-51H,7-16,19H2,1-6H3,(H,42,54)(H2,37,39,40)(H2,38,43,53)/t20-,21-,22+,23+,24+,26+,27+,30+/m0/s1. The molecule has 3 aliphatic rings. The minimum Gasteiger partial charge on any atom is -0.458 e. The van der Waals surface area contributed by atoms with Gasteiger partial charge in [0.15, 0.2) is 17.7 Å². The number of hydrogen-bond acceptors (Lipinski definition) is 18. The Kier molecular flexibility index (Phi) is 14.4. The normalized spacial score (nSPS) is 26.0. The molecule has 0 saturated carbocycles. The summed E-state index contributed by atoms with van der Waals surface area (Å²) in [6, 6.07) is -1.66. The Balaban J connectivity index is 1.25. The number of nitrogens with two attached hydrogens (primary N) is 2. The molecule has 5 heterocycles. The molecule has 0 unspecified atom stereocenters. The van der Waals surface area contributed by atoms with Gasteiger partial charge in [-0.15, -0.1) is 0 Å². The van der Waals surface area contributed by atoms with Crippen LogP contribution in [0.3, 0.4) is 0 Å². The van der Waals surface area contributed by atoms with E-state index in [1.807, 2.05) is 4.90 Å². The first-order chi connectivity index (χ1) is 27.2. The summed E-state index contributed by atoms with van der Waals surface area (Å²) in [7, 11) is 0. The van der Waals surface area contributed by atoms with Crippen molar-refractivity contribution in [3.63, 3.8) is 0 Å². The van der Waals surface area contributed by atoms with Gasteiger partial charge in [-0.05, 0) is 67.3 Å². The zero-order chi connectivity index (χ0) is 42.5. The van der Waals surface area contributed by atoms with E-state index >= 15 is 0 Å². The molecule has 2 fully saturated rings. The zero-order valence-corrected chi connectivity index (χ0v) is 33.9. The molecule has 2 aromatic rings. The molecule has 0 bridgehead atoms. The van der Waals surface area contributed by atoms with Crippen LogP contribution in [0.1, 0.15) is 79.9 Å². The average Bonchev–Trinajstić information content (AvgIpc) is 3.80. The molecule has 3 aliphatic heterocycles. The lowest BCUT2D eigenvalue weighted by atomic mass is 10.1. The number of alkyl carbamates (subject to hydrolysis) is 1. The van der Waals surface area contributed by atoms with Crippen LogP contribution in [0.15, 0.2) is 17.6 Å². The molecule has 8 atom stereocenters. The van der Waals surface area contributed by atoms with E-state index in [4.69, 9.17) is 30.4 Å². The Morgan fingerprint density at radius 1 is 0.983 bits per heavy atom. The number of ether oxygens (including phenoxy) is 4. The van der Waals surface area contributed by atoms with Crippen molar-refractivity contribution in [1.82, 2.24) is 39.5 Å². The molecule has 0 spiro atoms. The van der Waals surface area contributed by atoms with Crippen LogP contribution in [-0.2, 0) is 23.7 Å². The minimum absolute atomic E-state index is 0.0612. The smallest absolute Gasteiger partial charge is 0.408 e. The number of aliphatic imine (C=N–C) groups is 1. The van der Waals surface area contributed by atoms with Crippen LogP contribution in [0.25, 0.3) is 11.2 Å². The van der Waals surface area contributed by atoms with E-state index in [1.165, 1.54) is 22.1 Å². The lowest BCUT2D eigenvalue weighted by molar-refractivity contribution is -0.157. The molecule has 5 rings (SSSR count). The van der Waals surface area contributed by atoms with Crippen LogP contribution in [-0.4, -0.2) is 172 Å². The van der Waals surface area contributed by atoms with Crippen molar-refractivity contribution >= 4 is 41.0 Å². The Bertz CT molecular complexity index is 1770. The van der Waals surface area contributed by atoms with Crippen LogP contribution in [0.2, 0.25) is 0 Å². The Labute approximate surface area is 336 Å². The molecule has 0 radical (unpaired) electrons. The van der Waals surface area contributed by atoms with Crippen molar-refractivity contribution in [2.75, 3.05) is 45.2 Å². The number of nitrogens with one attached hydrogen (secondary N) is 1. The summed E-state index contributed by atoms with van der Waals surface area (Å²) in [4.78, 5) is 60.3. The van der Waals surface area contributed by atoms with Gasteiger partial charge in [-0.3, -0.25) is 9.47 Å². The monoisotopic (exact) mass is 821 g/mol. The number of hydrogen-bond donors (Lipinski definition) is 7. The van der Waals surface area contributed by atoms with Crippen LogP contribution >= 0.6 is 0 Å². The predicted octanol–water partition coefficient (Wildman–Crippen LogP) is -0.397. The quantitative estimate of drug-likeness (QED) is 0.0837. The van der Waals surface area contributed by atoms with E-state index in [-0.39, 0.29) is 51.0 Å². The number of aliphatic hydroxyl groups is 4. The molecule has 0 aromatic carbocycles. The number of nitrogens with zero attached hydrogens (tertiary/aromatic N) is 8. The molecule has 2 aromatic heterocycles. The second-order valence-corrected chi connectivity index (χ2v) is 16.8. The summed E-state index contributed by atoms with van der Waals surface area (Å²) in [5.41, 5.74) is 11.1. The van der Waals surface area contributed by atoms with Gasteiger partial charge in [0.05, 0.1) is 19.0 Å². The third-order valence-corrected chi connectivity index (χ3v) is 9.79. The van der Waals surface area contributed by atoms with Crippen LogP contribution in [0.5, 0.6) is 0 Å². The maximum Gasteiger partial charge on any atom is 0.408 e. The lowest BCUT2D eigenvalue weighted by Gasteiger charge is -2.36. The van der Waals surface area contributed by atoms with Crippen molar-refractivity contribution in [1.29, 1.82) is 0 Å². The predicted molar refractivity (Wildman–Crippen MR) is 206 cm³/mol. The van der Waals surface area contributed by atoms with Crippen molar-refractivity contribution in [2.45, 2.75) is 134 Å². The van der Waals surface area contributed by atoms with E-state index in [0.29, 0.717) is 43.5 Å². The molecular formula is C36H59N11O11. The van der Waals surface area contributed by atoms with Gasteiger partial charge in [0.2, 0.25) is 5.96 Å². The lowest BCUT2D eigenvalue weighted by Crippen LogP contribution is -2.54. The summed E-state index contributed by atoms with van der Waals surface area (Å²) >= 11 is 0.